The minimum Gasteiger partial charge on any atom is -0.481 e. The highest BCUT2D eigenvalue weighted by Crippen LogP contribution is 2.18. The Labute approximate surface area is 280 Å². The average molecular weight is 652 g/mol. The smallest absolute Gasteiger partial charge is 0.306 e. The molecule has 0 radical (unpaired) electrons. The molecule has 1 unspecified atom stereocenters. The molecular formula is C37H69N3O6. The van der Waals surface area contributed by atoms with E-state index in [1.54, 1.807) is 0 Å². The van der Waals surface area contributed by atoms with Crippen LogP contribution in [-0.4, -0.2) is 59.2 Å². The van der Waals surface area contributed by atoms with Gasteiger partial charge in [-0.05, 0) is 38.6 Å². The minimum atomic E-state index is -0.726. The highest BCUT2D eigenvalue weighted by atomic mass is 16.4. The molecule has 0 spiro atoms. The van der Waals surface area contributed by atoms with Crippen LogP contribution in [0, 0.1) is 5.92 Å². The van der Waals surface area contributed by atoms with Gasteiger partial charge in [0.15, 0.2) is 0 Å². The number of hydrogen-bond donors (Lipinski definition) is 3. The summed E-state index contributed by atoms with van der Waals surface area (Å²) in [7, 11) is 0. The summed E-state index contributed by atoms with van der Waals surface area (Å²) in [5.41, 5.74) is 0. The van der Waals surface area contributed by atoms with Crippen LogP contribution in [0.25, 0.3) is 0 Å². The second-order valence-corrected chi connectivity index (χ2v) is 12.9. The van der Waals surface area contributed by atoms with Crippen molar-refractivity contribution < 1.29 is 29.1 Å². The molecule has 0 fully saturated rings. The Kier molecular flexibility index (Phi) is 29.8. The van der Waals surface area contributed by atoms with Crippen molar-refractivity contribution in [3.63, 3.8) is 0 Å². The van der Waals surface area contributed by atoms with Gasteiger partial charge >= 0.3 is 5.97 Å². The van der Waals surface area contributed by atoms with Crippen molar-refractivity contribution in [3.05, 3.63) is 0 Å². The van der Waals surface area contributed by atoms with Crippen LogP contribution in [-0.2, 0) is 24.0 Å². The fraction of sp³-hybridized carbons (Fsp3) is 0.865. The molecule has 0 heterocycles. The molecular weight excluding hydrogens is 582 g/mol. The van der Waals surface area contributed by atoms with Crippen LogP contribution < -0.4 is 10.6 Å². The van der Waals surface area contributed by atoms with E-state index in [9.17, 15) is 29.1 Å². The van der Waals surface area contributed by atoms with Crippen molar-refractivity contribution in [2.45, 2.75) is 181 Å². The molecule has 0 saturated carbocycles. The van der Waals surface area contributed by atoms with Gasteiger partial charge in [-0.3, -0.25) is 24.0 Å². The Bertz CT molecular complexity index is 793. The largest absolute Gasteiger partial charge is 0.481 e. The first kappa shape index (κ1) is 43.7. The number of amides is 4. The molecule has 3 N–H and O–H groups in total. The lowest BCUT2D eigenvalue weighted by molar-refractivity contribution is -0.154. The van der Waals surface area contributed by atoms with E-state index in [0.29, 0.717) is 25.8 Å². The molecule has 0 aromatic carbocycles. The molecule has 0 aromatic heterocycles. The summed E-state index contributed by atoms with van der Waals surface area (Å²) in [6.45, 7) is 6.62. The Morgan fingerprint density at radius 1 is 0.522 bits per heavy atom. The van der Waals surface area contributed by atoms with Crippen LogP contribution in [0.1, 0.15) is 181 Å². The van der Waals surface area contributed by atoms with Crippen molar-refractivity contribution in [2.24, 2.45) is 5.92 Å². The van der Waals surface area contributed by atoms with E-state index in [-0.39, 0.29) is 31.2 Å². The molecule has 0 aliphatic carbocycles. The zero-order chi connectivity index (χ0) is 34.3. The first-order valence-electron chi connectivity index (χ1n) is 18.9. The van der Waals surface area contributed by atoms with Gasteiger partial charge in [-0.25, -0.2) is 4.90 Å². The van der Waals surface area contributed by atoms with Crippen LogP contribution >= 0.6 is 0 Å². The van der Waals surface area contributed by atoms with Crippen LogP contribution in [0.5, 0.6) is 0 Å². The summed E-state index contributed by atoms with van der Waals surface area (Å²) in [6.07, 6.45) is 23.5. The van der Waals surface area contributed by atoms with E-state index in [1.807, 2.05) is 0 Å². The fourth-order valence-corrected chi connectivity index (χ4v) is 5.65. The Morgan fingerprint density at radius 3 is 1.39 bits per heavy atom. The number of hydrogen-bond acceptors (Lipinski definition) is 6. The van der Waals surface area contributed by atoms with E-state index in [0.717, 1.165) is 88.4 Å². The second-order valence-electron chi connectivity index (χ2n) is 12.9. The zero-order valence-electron chi connectivity index (χ0n) is 29.8. The summed E-state index contributed by atoms with van der Waals surface area (Å²) in [5.74, 6) is -3.08. The van der Waals surface area contributed by atoms with Crippen molar-refractivity contribution in [1.29, 1.82) is 0 Å². The third kappa shape index (κ3) is 24.9. The van der Waals surface area contributed by atoms with Gasteiger partial charge in [0, 0.05) is 12.8 Å². The van der Waals surface area contributed by atoms with Crippen LogP contribution in [0.3, 0.4) is 0 Å². The number of carboxylic acid groups (broad SMARTS) is 1. The summed E-state index contributed by atoms with van der Waals surface area (Å²) in [5, 5.41) is 15.2. The lowest BCUT2D eigenvalue weighted by atomic mass is 9.95. The monoisotopic (exact) mass is 652 g/mol. The van der Waals surface area contributed by atoms with E-state index < -0.39 is 30.2 Å². The number of unbranched alkanes of at least 4 members (excludes halogenated alkanes) is 17. The number of aliphatic carboxylic acids is 1. The third-order valence-corrected chi connectivity index (χ3v) is 8.62. The SMILES string of the molecule is CCCCCCCCCCCC(CCCCNCC(=O)NCC(=O)N(C(=O)CCCCCCC)C(=O)CCCCCCC)C(=O)O. The molecule has 0 aliphatic rings. The first-order valence-corrected chi connectivity index (χ1v) is 18.9. The Balaban J connectivity index is 4.39. The number of carbonyl (C=O) groups is 5. The van der Waals surface area contributed by atoms with Gasteiger partial charge in [0.1, 0.15) is 0 Å². The Morgan fingerprint density at radius 2 is 0.935 bits per heavy atom. The maximum Gasteiger partial charge on any atom is 0.306 e. The van der Waals surface area contributed by atoms with Crippen molar-refractivity contribution in [1.82, 2.24) is 15.5 Å². The molecule has 0 rings (SSSR count). The fourth-order valence-electron chi connectivity index (χ4n) is 5.65. The van der Waals surface area contributed by atoms with Gasteiger partial charge in [-0.2, -0.15) is 0 Å². The molecule has 268 valence electrons. The Hall–Kier alpha value is -2.29. The maximum absolute atomic E-state index is 12.9. The van der Waals surface area contributed by atoms with Gasteiger partial charge in [0.25, 0.3) is 5.91 Å². The van der Waals surface area contributed by atoms with Gasteiger partial charge in [-0.1, -0.05) is 136 Å². The summed E-state index contributed by atoms with van der Waals surface area (Å²) in [4.78, 5) is 63.4. The number of carbonyl (C=O) groups excluding carboxylic acids is 4. The average Bonchev–Trinajstić information content (AvgIpc) is 3.03. The molecule has 1 atom stereocenters. The van der Waals surface area contributed by atoms with Crippen LogP contribution in [0.15, 0.2) is 0 Å². The topological polar surface area (TPSA) is 133 Å². The normalized spacial score (nSPS) is 11.7. The highest BCUT2D eigenvalue weighted by Gasteiger charge is 2.27. The number of carboxylic acids is 1. The zero-order valence-corrected chi connectivity index (χ0v) is 29.8. The van der Waals surface area contributed by atoms with E-state index in [4.69, 9.17) is 0 Å². The number of nitrogens with one attached hydrogen (secondary N) is 2. The summed E-state index contributed by atoms with van der Waals surface area (Å²) < 4.78 is 0. The van der Waals surface area contributed by atoms with Gasteiger partial charge in [0.2, 0.25) is 17.7 Å². The van der Waals surface area contributed by atoms with Crippen molar-refractivity contribution in [3.8, 4) is 0 Å². The standard InChI is InChI=1S/C37H69N3O6/c1-4-7-10-13-14-15-16-19-20-25-32(37(45)46)26-23-24-29-38-30-33(41)39-31-36(44)40(34(42)27-21-17-11-8-5-2)35(43)28-22-18-12-9-6-3/h32,38H,4-31H2,1-3H3,(H,39,41)(H,45,46). The summed E-state index contributed by atoms with van der Waals surface area (Å²) >= 11 is 0. The quantitative estimate of drug-likeness (QED) is 0.0626. The molecule has 0 aliphatic heterocycles. The van der Waals surface area contributed by atoms with Gasteiger partial charge in [0.05, 0.1) is 19.0 Å². The predicted octanol–water partition coefficient (Wildman–Crippen LogP) is 8.09. The first-order chi connectivity index (χ1) is 22.3. The number of imide groups is 3. The predicted molar refractivity (Wildman–Crippen MR) is 186 cm³/mol. The molecule has 0 bridgehead atoms. The molecule has 4 amide bonds. The number of rotatable bonds is 32. The second kappa shape index (κ2) is 31.3. The molecule has 0 aromatic rings. The molecule has 9 heteroatoms. The van der Waals surface area contributed by atoms with Crippen molar-refractivity contribution >= 4 is 29.6 Å². The molecule has 0 saturated heterocycles. The maximum atomic E-state index is 12.9. The minimum absolute atomic E-state index is 0.00480. The van der Waals surface area contributed by atoms with E-state index in [1.165, 1.54) is 44.9 Å². The van der Waals surface area contributed by atoms with Gasteiger partial charge in [-0.15, -0.1) is 0 Å². The van der Waals surface area contributed by atoms with Crippen LogP contribution in [0.2, 0.25) is 0 Å². The molecule has 46 heavy (non-hydrogen) atoms. The van der Waals surface area contributed by atoms with Crippen molar-refractivity contribution in [2.75, 3.05) is 19.6 Å². The lowest BCUT2D eigenvalue weighted by Crippen LogP contribution is -2.47. The molecule has 9 nitrogen and oxygen atoms in total. The number of nitrogens with zero attached hydrogens (tertiary/aromatic N) is 1. The third-order valence-electron chi connectivity index (χ3n) is 8.62. The summed E-state index contributed by atoms with van der Waals surface area (Å²) in [6, 6.07) is 0. The van der Waals surface area contributed by atoms with E-state index in [2.05, 4.69) is 31.4 Å². The van der Waals surface area contributed by atoms with E-state index >= 15 is 0 Å². The highest BCUT2D eigenvalue weighted by molar-refractivity contribution is 6.11. The van der Waals surface area contributed by atoms with Crippen LogP contribution in [0.4, 0.5) is 0 Å². The lowest BCUT2D eigenvalue weighted by Gasteiger charge is -2.20. The van der Waals surface area contributed by atoms with Gasteiger partial charge < -0.3 is 15.7 Å².